The second-order valence-electron chi connectivity index (χ2n) is 4.53. The number of carboxylic acids is 1. The van der Waals surface area contributed by atoms with Gasteiger partial charge < -0.3 is 15.7 Å². The molecule has 6 heteroatoms. The molecule has 1 fully saturated rings. The standard InChI is InChI=1S/C13H15ClN2O3/c14-9-5-8(13(18)19)6-10(7-9)16-12(17)11-3-1-2-4-15-11/h5-7,11,15H,1-4H2,(H,16,17)(H,18,19)/t11-/m0/s1. The van der Waals surface area contributed by atoms with Crippen molar-refractivity contribution in [3.8, 4) is 0 Å². The predicted octanol–water partition coefficient (Wildman–Crippen LogP) is 2.12. The first-order valence-electron chi connectivity index (χ1n) is 6.14. The molecule has 0 aromatic heterocycles. The zero-order valence-electron chi connectivity index (χ0n) is 10.3. The summed E-state index contributed by atoms with van der Waals surface area (Å²) in [6.45, 7) is 0.827. The van der Waals surface area contributed by atoms with Crippen molar-refractivity contribution in [1.82, 2.24) is 5.32 Å². The molecular formula is C13H15ClN2O3. The topological polar surface area (TPSA) is 78.4 Å². The van der Waals surface area contributed by atoms with Gasteiger partial charge in [-0.05, 0) is 37.6 Å². The normalized spacial score (nSPS) is 18.9. The smallest absolute Gasteiger partial charge is 0.335 e. The molecular weight excluding hydrogens is 268 g/mol. The van der Waals surface area contributed by atoms with E-state index in [0.29, 0.717) is 5.69 Å². The van der Waals surface area contributed by atoms with Crippen LogP contribution >= 0.6 is 11.6 Å². The number of carbonyl (C=O) groups excluding carboxylic acids is 1. The third-order valence-electron chi connectivity index (χ3n) is 3.04. The number of hydrogen-bond donors (Lipinski definition) is 3. The summed E-state index contributed by atoms with van der Waals surface area (Å²) in [6, 6.07) is 4.06. The average Bonchev–Trinajstić information content (AvgIpc) is 2.39. The zero-order valence-corrected chi connectivity index (χ0v) is 11.0. The maximum absolute atomic E-state index is 12.0. The first-order valence-corrected chi connectivity index (χ1v) is 6.52. The van der Waals surface area contributed by atoms with E-state index in [1.807, 2.05) is 0 Å². The Balaban J connectivity index is 2.09. The van der Waals surface area contributed by atoms with Crippen molar-refractivity contribution in [2.75, 3.05) is 11.9 Å². The van der Waals surface area contributed by atoms with Gasteiger partial charge in [-0.2, -0.15) is 0 Å². The molecule has 0 spiro atoms. The maximum Gasteiger partial charge on any atom is 0.335 e. The Morgan fingerprint density at radius 2 is 2.11 bits per heavy atom. The summed E-state index contributed by atoms with van der Waals surface area (Å²) >= 11 is 5.83. The van der Waals surface area contributed by atoms with E-state index >= 15 is 0 Å². The largest absolute Gasteiger partial charge is 0.478 e. The molecule has 0 saturated carbocycles. The minimum absolute atomic E-state index is 0.0550. The number of anilines is 1. The van der Waals surface area contributed by atoms with E-state index in [2.05, 4.69) is 10.6 Å². The minimum atomic E-state index is -1.08. The fraction of sp³-hybridized carbons (Fsp3) is 0.385. The molecule has 1 atom stereocenters. The summed E-state index contributed by atoms with van der Waals surface area (Å²) in [5.74, 6) is -1.23. The average molecular weight is 283 g/mol. The Hall–Kier alpha value is -1.59. The highest BCUT2D eigenvalue weighted by Gasteiger charge is 2.20. The van der Waals surface area contributed by atoms with Gasteiger partial charge in [0.2, 0.25) is 5.91 Å². The number of carbonyl (C=O) groups is 2. The molecule has 0 aliphatic carbocycles. The van der Waals surface area contributed by atoms with Crippen LogP contribution in [0.25, 0.3) is 0 Å². The van der Waals surface area contributed by atoms with Crippen LogP contribution in [0.1, 0.15) is 29.6 Å². The maximum atomic E-state index is 12.0. The molecule has 1 amide bonds. The van der Waals surface area contributed by atoms with Crippen LogP contribution < -0.4 is 10.6 Å². The molecule has 1 heterocycles. The van der Waals surface area contributed by atoms with Crippen LogP contribution in [0.4, 0.5) is 5.69 Å². The van der Waals surface area contributed by atoms with Crippen LogP contribution in [0.5, 0.6) is 0 Å². The van der Waals surface area contributed by atoms with Crippen LogP contribution in [-0.4, -0.2) is 29.6 Å². The quantitative estimate of drug-likeness (QED) is 0.793. The third kappa shape index (κ3) is 3.68. The summed E-state index contributed by atoms with van der Waals surface area (Å²) < 4.78 is 0. The van der Waals surface area contributed by atoms with Crippen molar-refractivity contribution in [3.63, 3.8) is 0 Å². The van der Waals surface area contributed by atoms with Gasteiger partial charge in [-0.1, -0.05) is 18.0 Å². The molecule has 19 heavy (non-hydrogen) atoms. The Morgan fingerprint density at radius 1 is 1.32 bits per heavy atom. The molecule has 102 valence electrons. The lowest BCUT2D eigenvalue weighted by molar-refractivity contribution is -0.118. The second-order valence-corrected chi connectivity index (χ2v) is 4.96. The molecule has 1 saturated heterocycles. The molecule has 1 aromatic carbocycles. The number of nitrogens with one attached hydrogen (secondary N) is 2. The van der Waals surface area contributed by atoms with E-state index in [9.17, 15) is 9.59 Å². The molecule has 1 aliphatic rings. The van der Waals surface area contributed by atoms with Crippen molar-refractivity contribution in [1.29, 1.82) is 0 Å². The molecule has 0 unspecified atom stereocenters. The Bertz CT molecular complexity index is 499. The van der Waals surface area contributed by atoms with Gasteiger partial charge in [-0.15, -0.1) is 0 Å². The monoisotopic (exact) mass is 282 g/mol. The van der Waals surface area contributed by atoms with Crippen LogP contribution in [0.15, 0.2) is 18.2 Å². The summed E-state index contributed by atoms with van der Waals surface area (Å²) in [5.41, 5.74) is 0.460. The van der Waals surface area contributed by atoms with Crippen molar-refractivity contribution in [2.45, 2.75) is 25.3 Å². The van der Waals surface area contributed by atoms with Crippen molar-refractivity contribution >= 4 is 29.2 Å². The minimum Gasteiger partial charge on any atom is -0.478 e. The van der Waals surface area contributed by atoms with Crippen LogP contribution in [0.3, 0.4) is 0 Å². The highest BCUT2D eigenvalue weighted by atomic mass is 35.5. The molecule has 0 bridgehead atoms. The summed E-state index contributed by atoms with van der Waals surface area (Å²) in [4.78, 5) is 22.9. The van der Waals surface area contributed by atoms with Gasteiger partial charge in [0.15, 0.2) is 0 Å². The summed E-state index contributed by atoms with van der Waals surface area (Å²) in [5, 5.41) is 15.0. The molecule has 1 aliphatic heterocycles. The Morgan fingerprint density at radius 3 is 2.74 bits per heavy atom. The predicted molar refractivity (Wildman–Crippen MR) is 72.7 cm³/mol. The van der Waals surface area contributed by atoms with E-state index in [0.717, 1.165) is 25.8 Å². The van der Waals surface area contributed by atoms with Crippen molar-refractivity contribution < 1.29 is 14.7 Å². The molecule has 1 aromatic rings. The summed E-state index contributed by atoms with van der Waals surface area (Å²) in [6.07, 6.45) is 2.88. The molecule has 2 rings (SSSR count). The highest BCUT2D eigenvalue weighted by Crippen LogP contribution is 2.20. The number of piperidine rings is 1. The fourth-order valence-electron chi connectivity index (χ4n) is 2.09. The number of hydrogen-bond acceptors (Lipinski definition) is 3. The Labute approximate surface area is 116 Å². The zero-order chi connectivity index (χ0) is 13.8. The molecule has 5 nitrogen and oxygen atoms in total. The Kier molecular flexibility index (Phi) is 4.39. The van der Waals surface area contributed by atoms with Crippen molar-refractivity contribution in [3.05, 3.63) is 28.8 Å². The number of rotatable bonds is 3. The second kappa shape index (κ2) is 6.04. The highest BCUT2D eigenvalue weighted by molar-refractivity contribution is 6.31. The van der Waals surface area contributed by atoms with Gasteiger partial charge in [-0.3, -0.25) is 4.79 Å². The van der Waals surface area contributed by atoms with E-state index in [4.69, 9.17) is 16.7 Å². The van der Waals surface area contributed by atoms with Gasteiger partial charge in [0.05, 0.1) is 11.6 Å². The number of amides is 1. The molecule has 3 N–H and O–H groups in total. The van der Waals surface area contributed by atoms with Crippen molar-refractivity contribution in [2.24, 2.45) is 0 Å². The number of benzene rings is 1. The molecule has 0 radical (unpaired) electrons. The van der Waals surface area contributed by atoms with Gasteiger partial charge in [-0.25, -0.2) is 4.79 Å². The van der Waals surface area contributed by atoms with Crippen LogP contribution in [0, 0.1) is 0 Å². The lowest BCUT2D eigenvalue weighted by Gasteiger charge is -2.22. The first-order chi connectivity index (χ1) is 9.06. The van der Waals surface area contributed by atoms with Gasteiger partial charge in [0.1, 0.15) is 0 Å². The van der Waals surface area contributed by atoms with E-state index < -0.39 is 5.97 Å². The van der Waals surface area contributed by atoms with E-state index in [1.54, 1.807) is 0 Å². The van der Waals surface area contributed by atoms with Gasteiger partial charge >= 0.3 is 5.97 Å². The SMILES string of the molecule is O=C(O)c1cc(Cl)cc(NC(=O)[C@@H]2CCCCN2)c1. The van der Waals surface area contributed by atoms with Gasteiger partial charge in [0, 0.05) is 10.7 Å². The van der Waals surface area contributed by atoms with Crippen LogP contribution in [-0.2, 0) is 4.79 Å². The summed E-state index contributed by atoms with van der Waals surface area (Å²) in [7, 11) is 0. The van der Waals surface area contributed by atoms with E-state index in [1.165, 1.54) is 18.2 Å². The third-order valence-corrected chi connectivity index (χ3v) is 3.26. The van der Waals surface area contributed by atoms with Gasteiger partial charge in [0.25, 0.3) is 0 Å². The lowest BCUT2D eigenvalue weighted by Crippen LogP contribution is -2.43. The number of halogens is 1. The fourth-order valence-corrected chi connectivity index (χ4v) is 2.33. The van der Waals surface area contributed by atoms with Crippen LogP contribution in [0.2, 0.25) is 5.02 Å². The number of carboxylic acid groups (broad SMARTS) is 1. The lowest BCUT2D eigenvalue weighted by atomic mass is 10.0. The number of aromatic carboxylic acids is 1. The first kappa shape index (κ1) is 13.8. The van der Waals surface area contributed by atoms with E-state index in [-0.39, 0.29) is 22.5 Å².